The molecule has 1 aliphatic rings. The van der Waals surface area contributed by atoms with Crippen LogP contribution >= 0.6 is 0 Å². The summed E-state index contributed by atoms with van der Waals surface area (Å²) in [5.74, 6) is 2.44. The van der Waals surface area contributed by atoms with Crippen molar-refractivity contribution in [2.45, 2.75) is 12.8 Å². The van der Waals surface area contributed by atoms with Gasteiger partial charge < -0.3 is 19.1 Å². The SMILES string of the molecule is COc1ccc(-c2noc(CCC(=O)N3CCN(c4nnnn4-c4ccccc4)CC3)n2)cc1. The van der Waals surface area contributed by atoms with Gasteiger partial charge >= 0.3 is 0 Å². The maximum Gasteiger partial charge on any atom is 0.250 e. The van der Waals surface area contributed by atoms with Crippen LogP contribution in [0.25, 0.3) is 17.1 Å². The minimum Gasteiger partial charge on any atom is -0.497 e. The van der Waals surface area contributed by atoms with Crippen molar-refractivity contribution >= 4 is 11.9 Å². The first-order valence-corrected chi connectivity index (χ1v) is 11.0. The van der Waals surface area contributed by atoms with Gasteiger partial charge in [-0.2, -0.15) is 9.67 Å². The second kappa shape index (κ2) is 9.69. The Bertz CT molecular complexity index is 1230. The number of piperazine rings is 1. The van der Waals surface area contributed by atoms with E-state index in [0.717, 1.165) is 17.0 Å². The Morgan fingerprint density at radius 3 is 2.53 bits per heavy atom. The van der Waals surface area contributed by atoms with Crippen LogP contribution in [0.1, 0.15) is 12.3 Å². The Balaban J connectivity index is 1.14. The van der Waals surface area contributed by atoms with E-state index >= 15 is 0 Å². The van der Waals surface area contributed by atoms with E-state index in [0.29, 0.717) is 56.7 Å². The molecule has 11 heteroatoms. The molecule has 0 bridgehead atoms. The number of benzene rings is 2. The summed E-state index contributed by atoms with van der Waals surface area (Å²) >= 11 is 0. The predicted molar refractivity (Wildman–Crippen MR) is 123 cm³/mol. The minimum atomic E-state index is 0.0616. The van der Waals surface area contributed by atoms with E-state index in [9.17, 15) is 4.79 Å². The average Bonchev–Trinajstić information content (AvgIpc) is 3.58. The molecule has 3 heterocycles. The number of hydrogen-bond acceptors (Lipinski definition) is 9. The van der Waals surface area contributed by atoms with Gasteiger partial charge in [-0.25, -0.2) is 0 Å². The van der Waals surface area contributed by atoms with Crippen molar-refractivity contribution in [2.75, 3.05) is 38.2 Å². The maximum atomic E-state index is 12.8. The number of nitrogens with zero attached hydrogens (tertiary/aromatic N) is 8. The second-order valence-electron chi connectivity index (χ2n) is 7.83. The van der Waals surface area contributed by atoms with Crippen molar-refractivity contribution in [1.82, 2.24) is 35.2 Å². The van der Waals surface area contributed by atoms with Crippen LogP contribution in [0.3, 0.4) is 0 Å². The summed E-state index contributed by atoms with van der Waals surface area (Å²) in [5.41, 5.74) is 1.73. The smallest absolute Gasteiger partial charge is 0.250 e. The van der Waals surface area contributed by atoms with E-state index in [4.69, 9.17) is 9.26 Å². The number of anilines is 1. The molecule has 174 valence electrons. The lowest BCUT2D eigenvalue weighted by Gasteiger charge is -2.34. The van der Waals surface area contributed by atoms with Crippen molar-refractivity contribution in [3.63, 3.8) is 0 Å². The number of carbonyl (C=O) groups is 1. The van der Waals surface area contributed by atoms with Crippen LogP contribution < -0.4 is 9.64 Å². The van der Waals surface area contributed by atoms with Crippen LogP contribution in [0.2, 0.25) is 0 Å². The Morgan fingerprint density at radius 1 is 1.03 bits per heavy atom. The monoisotopic (exact) mass is 460 g/mol. The van der Waals surface area contributed by atoms with Gasteiger partial charge in [0, 0.05) is 44.6 Å². The van der Waals surface area contributed by atoms with E-state index in [1.807, 2.05) is 59.5 Å². The lowest BCUT2D eigenvalue weighted by atomic mass is 10.2. The molecule has 0 N–H and O–H groups in total. The minimum absolute atomic E-state index is 0.0616. The van der Waals surface area contributed by atoms with Crippen LogP contribution in [0, 0.1) is 0 Å². The van der Waals surface area contributed by atoms with Crippen LogP contribution in [0.5, 0.6) is 5.75 Å². The van der Waals surface area contributed by atoms with Gasteiger partial charge in [0.1, 0.15) is 5.75 Å². The van der Waals surface area contributed by atoms with Crippen molar-refractivity contribution in [2.24, 2.45) is 0 Å². The summed E-state index contributed by atoms with van der Waals surface area (Å²) in [6.45, 7) is 2.51. The van der Waals surface area contributed by atoms with Crippen molar-refractivity contribution < 1.29 is 14.1 Å². The molecule has 34 heavy (non-hydrogen) atoms. The van der Waals surface area contributed by atoms with E-state index in [-0.39, 0.29) is 5.91 Å². The van der Waals surface area contributed by atoms with Gasteiger partial charge in [0.15, 0.2) is 0 Å². The molecule has 0 radical (unpaired) electrons. The fraction of sp³-hybridized carbons (Fsp3) is 0.304. The topological polar surface area (TPSA) is 115 Å². The number of amides is 1. The molecule has 4 aromatic rings. The zero-order valence-electron chi connectivity index (χ0n) is 18.7. The maximum absolute atomic E-state index is 12.8. The van der Waals surface area contributed by atoms with E-state index in [1.54, 1.807) is 11.8 Å². The number of aryl methyl sites for hydroxylation is 1. The summed E-state index contributed by atoms with van der Waals surface area (Å²) in [5, 5.41) is 16.2. The van der Waals surface area contributed by atoms with E-state index in [2.05, 4.69) is 30.6 Å². The molecule has 2 aromatic heterocycles. The number of carbonyl (C=O) groups excluding carboxylic acids is 1. The number of para-hydroxylation sites is 1. The van der Waals surface area contributed by atoms with Crippen LogP contribution in [-0.4, -0.2) is 74.4 Å². The normalized spacial score (nSPS) is 13.8. The first-order chi connectivity index (χ1) is 16.7. The summed E-state index contributed by atoms with van der Waals surface area (Å²) in [4.78, 5) is 21.1. The molecule has 1 amide bonds. The molecule has 1 fully saturated rings. The van der Waals surface area contributed by atoms with Gasteiger partial charge in [-0.1, -0.05) is 28.5 Å². The molecule has 0 saturated carbocycles. The quantitative estimate of drug-likeness (QED) is 0.408. The van der Waals surface area contributed by atoms with E-state index < -0.39 is 0 Å². The number of rotatable bonds is 7. The van der Waals surface area contributed by atoms with Gasteiger partial charge in [-0.05, 0) is 46.8 Å². The molecule has 0 spiro atoms. The summed E-state index contributed by atoms with van der Waals surface area (Å²) in [6.07, 6.45) is 0.709. The first-order valence-electron chi connectivity index (χ1n) is 11.0. The highest BCUT2D eigenvalue weighted by Gasteiger charge is 2.25. The van der Waals surface area contributed by atoms with E-state index in [1.165, 1.54) is 0 Å². The third kappa shape index (κ3) is 4.58. The summed E-state index contributed by atoms with van der Waals surface area (Å²) in [7, 11) is 1.62. The molecule has 5 rings (SSSR count). The highest BCUT2D eigenvalue weighted by Crippen LogP contribution is 2.21. The first kappa shape index (κ1) is 21.6. The van der Waals surface area contributed by atoms with Gasteiger partial charge in [-0.3, -0.25) is 4.79 Å². The molecule has 1 aliphatic heterocycles. The number of aromatic nitrogens is 6. The highest BCUT2D eigenvalue weighted by molar-refractivity contribution is 5.76. The zero-order chi connectivity index (χ0) is 23.3. The van der Waals surface area contributed by atoms with Crippen LogP contribution in [0.15, 0.2) is 59.1 Å². The lowest BCUT2D eigenvalue weighted by molar-refractivity contribution is -0.131. The molecular weight excluding hydrogens is 436 g/mol. The fourth-order valence-electron chi connectivity index (χ4n) is 3.86. The summed E-state index contributed by atoms with van der Waals surface area (Å²) in [6, 6.07) is 17.2. The van der Waals surface area contributed by atoms with Crippen LogP contribution in [0.4, 0.5) is 5.95 Å². The third-order valence-corrected chi connectivity index (χ3v) is 5.74. The van der Waals surface area contributed by atoms with Gasteiger partial charge in [0.05, 0.1) is 12.8 Å². The van der Waals surface area contributed by atoms with Crippen molar-refractivity contribution in [1.29, 1.82) is 0 Å². The Labute approximate surface area is 195 Å². The summed E-state index contributed by atoms with van der Waals surface area (Å²) < 4.78 is 12.2. The third-order valence-electron chi connectivity index (χ3n) is 5.74. The molecule has 11 nitrogen and oxygen atoms in total. The van der Waals surface area contributed by atoms with Gasteiger partial charge in [0.25, 0.3) is 0 Å². The molecular formula is C23H24N8O3. The predicted octanol–water partition coefficient (Wildman–Crippen LogP) is 2.00. The molecule has 0 atom stereocenters. The van der Waals surface area contributed by atoms with Crippen molar-refractivity contribution in [3.05, 3.63) is 60.5 Å². The Hall–Kier alpha value is -4.28. The van der Waals surface area contributed by atoms with Gasteiger partial charge in [0.2, 0.25) is 23.6 Å². The second-order valence-corrected chi connectivity index (χ2v) is 7.83. The molecule has 0 aliphatic carbocycles. The number of ether oxygens (including phenoxy) is 1. The lowest BCUT2D eigenvalue weighted by Crippen LogP contribution is -2.49. The Kier molecular flexibility index (Phi) is 6.15. The number of hydrogen-bond donors (Lipinski definition) is 0. The number of methoxy groups -OCH3 is 1. The standard InChI is InChI=1S/C23H24N8O3/c1-33-19-9-7-17(8-10-19)22-24-20(34-26-22)11-12-21(32)29-13-15-30(16-14-29)23-25-27-28-31(23)18-5-3-2-4-6-18/h2-10H,11-16H2,1H3. The molecule has 1 saturated heterocycles. The average molecular weight is 460 g/mol. The fourth-order valence-corrected chi connectivity index (χ4v) is 3.86. The van der Waals surface area contributed by atoms with Crippen molar-refractivity contribution in [3.8, 4) is 22.8 Å². The largest absolute Gasteiger partial charge is 0.497 e. The molecule has 2 aromatic carbocycles. The van der Waals surface area contributed by atoms with Crippen LogP contribution in [-0.2, 0) is 11.2 Å². The number of tetrazole rings is 1. The Morgan fingerprint density at radius 2 is 1.79 bits per heavy atom. The van der Waals surface area contributed by atoms with Gasteiger partial charge in [-0.15, -0.1) is 0 Å². The molecule has 0 unspecified atom stereocenters. The highest BCUT2D eigenvalue weighted by atomic mass is 16.5. The zero-order valence-corrected chi connectivity index (χ0v) is 18.7.